The lowest BCUT2D eigenvalue weighted by Gasteiger charge is -2.56. The third-order valence-corrected chi connectivity index (χ3v) is 6.95. The molecule has 0 amide bonds. The Balaban J connectivity index is 1.76. The lowest BCUT2D eigenvalue weighted by molar-refractivity contribution is -0.956. The van der Waals surface area contributed by atoms with E-state index in [0.717, 1.165) is 46.2 Å². The summed E-state index contributed by atoms with van der Waals surface area (Å²) in [6, 6.07) is 8.42. The van der Waals surface area contributed by atoms with Gasteiger partial charge in [0.2, 0.25) is 5.52 Å². The number of aryl methyl sites for hydroxylation is 1. The molecule has 4 nitrogen and oxygen atoms in total. The van der Waals surface area contributed by atoms with Crippen LogP contribution in [0.4, 0.5) is 0 Å². The number of rotatable bonds is 4. The van der Waals surface area contributed by atoms with E-state index in [1.807, 2.05) is 13.1 Å². The first-order valence-electron chi connectivity index (χ1n) is 9.58. The van der Waals surface area contributed by atoms with Crippen LogP contribution < -0.4 is 9.30 Å². The third-order valence-electron chi connectivity index (χ3n) is 6.95. The SMILES string of the molecule is C=C[C@H]1C[N@+]2(C)CC[C@H]1C[C@H]2[C@H](O)c1cc[n+](C)c2ccc(OC)cc12. The zero-order chi connectivity index (χ0) is 18.5. The summed E-state index contributed by atoms with van der Waals surface area (Å²) in [4.78, 5) is 0. The first-order chi connectivity index (χ1) is 12.5. The molecular formula is C22H30N2O2+2. The molecule has 0 saturated carbocycles. The van der Waals surface area contributed by atoms with Crippen molar-refractivity contribution >= 4 is 10.9 Å². The highest BCUT2D eigenvalue weighted by Gasteiger charge is 2.51. The van der Waals surface area contributed by atoms with Crippen molar-refractivity contribution in [3.63, 3.8) is 0 Å². The monoisotopic (exact) mass is 354 g/mol. The molecule has 26 heavy (non-hydrogen) atoms. The quantitative estimate of drug-likeness (QED) is 0.520. The van der Waals surface area contributed by atoms with Gasteiger partial charge in [0.15, 0.2) is 6.20 Å². The van der Waals surface area contributed by atoms with Gasteiger partial charge < -0.3 is 14.3 Å². The van der Waals surface area contributed by atoms with Gasteiger partial charge in [-0.15, -0.1) is 6.58 Å². The second-order valence-corrected chi connectivity index (χ2v) is 8.35. The van der Waals surface area contributed by atoms with Gasteiger partial charge in [0.25, 0.3) is 0 Å². The number of likely N-dealkylation sites (N-methyl/N-ethyl adjacent to an activating group) is 1. The van der Waals surface area contributed by atoms with Crippen LogP contribution in [-0.4, -0.2) is 42.9 Å². The summed E-state index contributed by atoms with van der Waals surface area (Å²) in [5.74, 6) is 2.07. The highest BCUT2D eigenvalue weighted by atomic mass is 16.5. The van der Waals surface area contributed by atoms with Crippen molar-refractivity contribution in [3.05, 3.63) is 48.7 Å². The second-order valence-electron chi connectivity index (χ2n) is 8.35. The van der Waals surface area contributed by atoms with Crippen LogP contribution in [0.5, 0.6) is 5.75 Å². The molecular weight excluding hydrogens is 324 g/mol. The largest absolute Gasteiger partial charge is 0.497 e. The number of pyridine rings is 1. The smallest absolute Gasteiger partial charge is 0.212 e. The lowest BCUT2D eigenvalue weighted by Crippen LogP contribution is -2.66. The van der Waals surface area contributed by atoms with E-state index in [2.05, 4.69) is 48.7 Å². The summed E-state index contributed by atoms with van der Waals surface area (Å²) in [6.07, 6.45) is 6.03. The van der Waals surface area contributed by atoms with Gasteiger partial charge in [0.05, 0.1) is 32.6 Å². The number of benzene rings is 1. The van der Waals surface area contributed by atoms with E-state index in [1.54, 1.807) is 7.11 Å². The Morgan fingerprint density at radius 2 is 2.19 bits per heavy atom. The summed E-state index contributed by atoms with van der Waals surface area (Å²) in [6.45, 7) is 6.29. The molecule has 1 aromatic heterocycles. The molecule has 4 heterocycles. The number of hydrogen-bond donors (Lipinski definition) is 1. The van der Waals surface area contributed by atoms with Crippen molar-refractivity contribution < 1.29 is 18.9 Å². The third kappa shape index (κ3) is 2.63. The molecule has 3 aliphatic rings. The van der Waals surface area contributed by atoms with E-state index in [0.29, 0.717) is 11.8 Å². The number of piperidine rings is 3. The summed E-state index contributed by atoms with van der Waals surface area (Å²) in [5, 5.41) is 12.5. The van der Waals surface area contributed by atoms with Crippen molar-refractivity contribution in [2.24, 2.45) is 18.9 Å². The van der Waals surface area contributed by atoms with Gasteiger partial charge in [0.1, 0.15) is 24.9 Å². The standard InChI is InChI=1S/C22H30N2O2/c1-5-15-14-24(3)11-9-16(15)12-21(24)22(25)18-8-10-23(2)20-7-6-17(26-4)13-19(18)20/h5-8,10,13,15-16,21-22,25H,1,9,11-12,14H2,2-4H3/q+2/t15-,16-,21-,22+,24-/m0/s1. The predicted molar refractivity (Wildman–Crippen MR) is 103 cm³/mol. The molecule has 0 aliphatic carbocycles. The number of aromatic nitrogens is 1. The fourth-order valence-corrected chi connectivity index (χ4v) is 5.30. The minimum atomic E-state index is -0.468. The molecule has 3 saturated heterocycles. The lowest BCUT2D eigenvalue weighted by atomic mass is 9.72. The van der Waals surface area contributed by atoms with Crippen molar-refractivity contribution in [1.82, 2.24) is 0 Å². The predicted octanol–water partition coefficient (Wildman–Crippen LogP) is 2.75. The molecule has 1 aromatic carbocycles. The van der Waals surface area contributed by atoms with E-state index in [4.69, 9.17) is 4.74 Å². The number of aliphatic hydroxyl groups is 1. The molecule has 4 heteroatoms. The molecule has 0 spiro atoms. The molecule has 5 rings (SSSR count). The fourth-order valence-electron chi connectivity index (χ4n) is 5.30. The van der Waals surface area contributed by atoms with E-state index in [1.165, 1.54) is 6.42 Å². The maximum atomic E-state index is 11.5. The normalized spacial score (nSPS) is 31.8. The minimum Gasteiger partial charge on any atom is -0.497 e. The summed E-state index contributed by atoms with van der Waals surface area (Å²) in [5.41, 5.74) is 2.13. The van der Waals surface area contributed by atoms with Crippen molar-refractivity contribution in [2.75, 3.05) is 27.2 Å². The Labute approximate surface area is 155 Å². The van der Waals surface area contributed by atoms with Gasteiger partial charge in [-0.2, -0.15) is 0 Å². The molecule has 1 N–H and O–H groups in total. The number of ether oxygens (including phenoxy) is 1. The van der Waals surface area contributed by atoms with Crippen LogP contribution in [0.3, 0.4) is 0 Å². The maximum absolute atomic E-state index is 11.5. The van der Waals surface area contributed by atoms with Crippen LogP contribution in [0.25, 0.3) is 10.9 Å². The number of hydrogen-bond acceptors (Lipinski definition) is 2. The number of methoxy groups -OCH3 is 1. The Morgan fingerprint density at radius 3 is 2.88 bits per heavy atom. The van der Waals surface area contributed by atoms with Gasteiger partial charge in [0, 0.05) is 36.5 Å². The van der Waals surface area contributed by atoms with Gasteiger partial charge in [-0.3, -0.25) is 0 Å². The van der Waals surface area contributed by atoms with E-state index >= 15 is 0 Å². The zero-order valence-electron chi connectivity index (χ0n) is 16.1. The van der Waals surface area contributed by atoms with E-state index in [-0.39, 0.29) is 6.04 Å². The molecule has 138 valence electrons. The molecule has 2 aromatic rings. The number of aliphatic hydroxyl groups excluding tert-OH is 1. The van der Waals surface area contributed by atoms with Crippen LogP contribution in [0.15, 0.2) is 43.1 Å². The molecule has 3 fully saturated rings. The summed E-state index contributed by atoms with van der Waals surface area (Å²) in [7, 11) is 6.04. The first kappa shape index (κ1) is 17.5. The molecule has 2 bridgehead atoms. The highest BCUT2D eigenvalue weighted by Crippen LogP contribution is 2.45. The van der Waals surface area contributed by atoms with Crippen molar-refractivity contribution in [1.29, 1.82) is 0 Å². The van der Waals surface area contributed by atoms with Gasteiger partial charge in [-0.25, -0.2) is 4.57 Å². The molecule has 0 radical (unpaired) electrons. The van der Waals surface area contributed by atoms with Crippen LogP contribution in [0, 0.1) is 11.8 Å². The average Bonchev–Trinajstić information content (AvgIpc) is 2.67. The summed E-state index contributed by atoms with van der Waals surface area (Å²) < 4.78 is 8.48. The van der Waals surface area contributed by atoms with Crippen LogP contribution >= 0.6 is 0 Å². The maximum Gasteiger partial charge on any atom is 0.212 e. The van der Waals surface area contributed by atoms with E-state index < -0.39 is 6.10 Å². The van der Waals surface area contributed by atoms with Gasteiger partial charge in [-0.1, -0.05) is 6.08 Å². The molecule has 5 atom stereocenters. The number of fused-ring (bicyclic) bond motifs is 4. The topological polar surface area (TPSA) is 33.3 Å². The Morgan fingerprint density at radius 1 is 1.38 bits per heavy atom. The fraction of sp³-hybridized carbons (Fsp3) is 0.500. The van der Waals surface area contributed by atoms with Crippen LogP contribution in [0.2, 0.25) is 0 Å². The summed E-state index contributed by atoms with van der Waals surface area (Å²) >= 11 is 0. The van der Waals surface area contributed by atoms with Gasteiger partial charge >= 0.3 is 0 Å². The second kappa shape index (κ2) is 6.36. The van der Waals surface area contributed by atoms with Crippen molar-refractivity contribution in [2.45, 2.75) is 25.0 Å². The molecule has 0 unspecified atom stereocenters. The Hall–Kier alpha value is -1.91. The molecule has 3 aliphatic heterocycles. The Bertz CT molecular complexity index is 849. The van der Waals surface area contributed by atoms with Crippen LogP contribution in [0.1, 0.15) is 24.5 Å². The zero-order valence-corrected chi connectivity index (χ0v) is 16.1. The minimum absolute atomic E-state index is 0.243. The van der Waals surface area contributed by atoms with Gasteiger partial charge in [-0.05, 0) is 18.1 Å². The van der Waals surface area contributed by atoms with E-state index in [9.17, 15) is 5.11 Å². The number of quaternary nitrogens is 1. The van der Waals surface area contributed by atoms with Crippen molar-refractivity contribution in [3.8, 4) is 5.75 Å². The number of nitrogens with zero attached hydrogens (tertiary/aromatic N) is 2. The highest BCUT2D eigenvalue weighted by molar-refractivity contribution is 5.81. The van der Waals surface area contributed by atoms with Crippen LogP contribution in [-0.2, 0) is 7.05 Å². The Kier molecular flexibility index (Phi) is 4.28. The average molecular weight is 354 g/mol. The first-order valence-corrected chi connectivity index (χ1v) is 9.58.